The minimum Gasteiger partial charge on any atom is -0.350 e. The van der Waals surface area contributed by atoms with Crippen LogP contribution in [0.4, 0.5) is 0 Å². The van der Waals surface area contributed by atoms with Crippen molar-refractivity contribution >= 4 is 37.8 Å². The van der Waals surface area contributed by atoms with Crippen LogP contribution in [-0.2, 0) is 0 Å². The van der Waals surface area contributed by atoms with Gasteiger partial charge in [0.05, 0.1) is 5.56 Å². The summed E-state index contributed by atoms with van der Waals surface area (Å²) < 4.78 is 1.76. The Bertz CT molecular complexity index is 473. The van der Waals surface area contributed by atoms with Crippen molar-refractivity contribution in [3.8, 4) is 0 Å². The van der Waals surface area contributed by atoms with Gasteiger partial charge in [0.2, 0.25) is 0 Å². The number of likely N-dealkylation sites (N-methyl/N-ethyl adjacent to an activating group) is 1. The van der Waals surface area contributed by atoms with Crippen LogP contribution in [-0.4, -0.2) is 37.5 Å². The molecule has 0 radical (unpaired) electrons. The van der Waals surface area contributed by atoms with E-state index in [9.17, 15) is 4.79 Å². The van der Waals surface area contributed by atoms with Crippen molar-refractivity contribution in [3.63, 3.8) is 0 Å². The van der Waals surface area contributed by atoms with Gasteiger partial charge >= 0.3 is 0 Å². The zero-order valence-electron chi connectivity index (χ0n) is 13.1. The summed E-state index contributed by atoms with van der Waals surface area (Å²) >= 11 is 6.83. The summed E-state index contributed by atoms with van der Waals surface area (Å²) in [7, 11) is 4.15. The van der Waals surface area contributed by atoms with Crippen LogP contribution >= 0.6 is 31.9 Å². The number of nitrogens with zero attached hydrogens (tertiary/aromatic N) is 1. The second kappa shape index (κ2) is 8.91. The molecule has 1 aromatic carbocycles. The first-order chi connectivity index (χ1) is 9.90. The van der Waals surface area contributed by atoms with Gasteiger partial charge in [0.15, 0.2) is 0 Å². The van der Waals surface area contributed by atoms with Gasteiger partial charge < -0.3 is 10.2 Å². The zero-order valence-corrected chi connectivity index (χ0v) is 16.3. The molecule has 1 atom stereocenters. The van der Waals surface area contributed by atoms with Crippen molar-refractivity contribution in [2.45, 2.75) is 32.7 Å². The van der Waals surface area contributed by atoms with E-state index in [1.807, 2.05) is 18.2 Å². The molecular weight excluding hydrogens is 396 g/mol. The smallest absolute Gasteiger partial charge is 0.252 e. The maximum atomic E-state index is 12.3. The summed E-state index contributed by atoms with van der Waals surface area (Å²) in [6.45, 7) is 5.08. The third-order valence-corrected chi connectivity index (χ3v) is 5.05. The molecule has 1 amide bonds. The van der Waals surface area contributed by atoms with Crippen LogP contribution in [0.2, 0.25) is 0 Å². The van der Waals surface area contributed by atoms with E-state index in [4.69, 9.17) is 0 Å². The fourth-order valence-corrected chi connectivity index (χ4v) is 3.80. The van der Waals surface area contributed by atoms with Gasteiger partial charge in [-0.2, -0.15) is 0 Å². The number of hydrogen-bond acceptors (Lipinski definition) is 2. The lowest BCUT2D eigenvalue weighted by atomic mass is 9.93. The summed E-state index contributed by atoms with van der Waals surface area (Å²) in [6, 6.07) is 5.95. The molecule has 0 heterocycles. The predicted octanol–water partition coefficient (Wildman–Crippen LogP) is 4.31. The van der Waals surface area contributed by atoms with E-state index in [0.29, 0.717) is 24.1 Å². The SMILES string of the molecule is CCC(CC)C(CNC(=O)c1ccc(Br)cc1Br)N(C)C. The van der Waals surface area contributed by atoms with Gasteiger partial charge in [-0.05, 0) is 54.1 Å². The van der Waals surface area contributed by atoms with Crippen molar-refractivity contribution in [2.75, 3.05) is 20.6 Å². The van der Waals surface area contributed by atoms with Crippen LogP contribution in [0.25, 0.3) is 0 Å². The number of carbonyl (C=O) groups is 1. The Hall–Kier alpha value is -0.390. The van der Waals surface area contributed by atoms with Crippen molar-refractivity contribution in [3.05, 3.63) is 32.7 Å². The van der Waals surface area contributed by atoms with Gasteiger partial charge in [-0.1, -0.05) is 42.6 Å². The van der Waals surface area contributed by atoms with E-state index < -0.39 is 0 Å². The number of hydrogen-bond donors (Lipinski definition) is 1. The van der Waals surface area contributed by atoms with Crippen molar-refractivity contribution < 1.29 is 4.79 Å². The second-order valence-electron chi connectivity index (χ2n) is 5.44. The molecule has 0 saturated carbocycles. The molecule has 0 saturated heterocycles. The molecule has 0 aromatic heterocycles. The summed E-state index contributed by atoms with van der Waals surface area (Å²) in [6.07, 6.45) is 2.24. The lowest BCUT2D eigenvalue weighted by molar-refractivity contribution is 0.0928. The van der Waals surface area contributed by atoms with Crippen LogP contribution in [0.3, 0.4) is 0 Å². The first-order valence-corrected chi connectivity index (χ1v) is 8.88. The fraction of sp³-hybridized carbons (Fsp3) is 0.562. The van der Waals surface area contributed by atoms with Gasteiger partial charge in [0.1, 0.15) is 0 Å². The van der Waals surface area contributed by atoms with E-state index in [1.54, 1.807) is 0 Å². The first-order valence-electron chi connectivity index (χ1n) is 7.30. The highest BCUT2D eigenvalue weighted by Crippen LogP contribution is 2.22. The molecule has 3 nitrogen and oxygen atoms in total. The number of nitrogens with one attached hydrogen (secondary N) is 1. The number of carbonyl (C=O) groups excluding carboxylic acids is 1. The summed E-state index contributed by atoms with van der Waals surface area (Å²) in [5.74, 6) is 0.556. The van der Waals surface area contributed by atoms with Crippen molar-refractivity contribution in [1.29, 1.82) is 0 Å². The quantitative estimate of drug-likeness (QED) is 0.714. The Balaban J connectivity index is 2.73. The Labute approximate surface area is 144 Å². The molecule has 0 spiro atoms. The predicted molar refractivity (Wildman–Crippen MR) is 95.7 cm³/mol. The number of amides is 1. The van der Waals surface area contributed by atoms with E-state index >= 15 is 0 Å². The molecule has 1 N–H and O–H groups in total. The molecule has 1 rings (SSSR count). The van der Waals surface area contributed by atoms with Crippen LogP contribution in [0.5, 0.6) is 0 Å². The van der Waals surface area contributed by atoms with E-state index in [-0.39, 0.29) is 5.91 Å². The Morgan fingerprint density at radius 2 is 1.86 bits per heavy atom. The van der Waals surface area contributed by atoms with Crippen molar-refractivity contribution in [2.24, 2.45) is 5.92 Å². The molecule has 1 unspecified atom stereocenters. The highest BCUT2D eigenvalue weighted by atomic mass is 79.9. The second-order valence-corrected chi connectivity index (χ2v) is 7.21. The minimum atomic E-state index is -0.0350. The molecule has 0 fully saturated rings. The summed E-state index contributed by atoms with van der Waals surface area (Å²) in [5.41, 5.74) is 0.667. The van der Waals surface area contributed by atoms with Crippen LogP contribution in [0, 0.1) is 5.92 Å². The minimum absolute atomic E-state index is 0.0350. The molecule has 21 heavy (non-hydrogen) atoms. The first kappa shape index (κ1) is 18.7. The lowest BCUT2D eigenvalue weighted by Gasteiger charge is -2.31. The normalized spacial score (nSPS) is 12.8. The van der Waals surface area contributed by atoms with Crippen molar-refractivity contribution in [1.82, 2.24) is 10.2 Å². The number of halogens is 2. The average molecular weight is 420 g/mol. The highest BCUT2D eigenvalue weighted by Gasteiger charge is 2.21. The molecular formula is C16H24Br2N2O. The third-order valence-electron chi connectivity index (χ3n) is 3.90. The largest absolute Gasteiger partial charge is 0.350 e. The van der Waals surface area contributed by atoms with Crippen LogP contribution < -0.4 is 5.32 Å². The van der Waals surface area contributed by atoms with Gasteiger partial charge in [-0.15, -0.1) is 0 Å². The summed E-state index contributed by atoms with van der Waals surface area (Å²) in [5, 5.41) is 3.06. The maximum absolute atomic E-state index is 12.3. The van der Waals surface area contributed by atoms with E-state index in [1.165, 1.54) is 0 Å². The summed E-state index contributed by atoms with van der Waals surface area (Å²) in [4.78, 5) is 14.5. The third kappa shape index (κ3) is 5.38. The molecule has 5 heteroatoms. The lowest BCUT2D eigenvalue weighted by Crippen LogP contribution is -2.44. The Morgan fingerprint density at radius 3 is 2.33 bits per heavy atom. The Kier molecular flexibility index (Phi) is 7.92. The highest BCUT2D eigenvalue weighted by molar-refractivity contribution is 9.11. The standard InChI is InChI=1S/C16H24Br2N2O/c1-5-11(6-2)15(20(3)4)10-19-16(21)13-8-7-12(17)9-14(13)18/h7-9,11,15H,5-6,10H2,1-4H3,(H,19,21). The van der Waals surface area contributed by atoms with Gasteiger partial charge in [0.25, 0.3) is 5.91 Å². The molecule has 0 aliphatic heterocycles. The maximum Gasteiger partial charge on any atom is 0.252 e. The van der Waals surface area contributed by atoms with Crippen LogP contribution in [0.1, 0.15) is 37.0 Å². The topological polar surface area (TPSA) is 32.3 Å². The van der Waals surface area contributed by atoms with Gasteiger partial charge in [-0.25, -0.2) is 0 Å². The van der Waals surface area contributed by atoms with Gasteiger partial charge in [-0.3, -0.25) is 4.79 Å². The zero-order chi connectivity index (χ0) is 16.0. The van der Waals surface area contributed by atoms with Gasteiger partial charge in [0, 0.05) is 21.5 Å². The average Bonchev–Trinajstić information content (AvgIpc) is 2.42. The van der Waals surface area contributed by atoms with E-state index in [0.717, 1.165) is 21.8 Å². The fourth-order valence-electron chi connectivity index (χ4n) is 2.57. The van der Waals surface area contributed by atoms with Crippen LogP contribution in [0.15, 0.2) is 27.1 Å². The molecule has 0 aliphatic carbocycles. The number of benzene rings is 1. The molecule has 0 bridgehead atoms. The Morgan fingerprint density at radius 1 is 1.24 bits per heavy atom. The molecule has 0 aliphatic rings. The molecule has 1 aromatic rings. The molecule has 118 valence electrons. The number of rotatable bonds is 7. The monoisotopic (exact) mass is 418 g/mol. The van der Waals surface area contributed by atoms with E-state index in [2.05, 4.69) is 70.0 Å².